The van der Waals surface area contributed by atoms with E-state index in [2.05, 4.69) is 20.0 Å². The van der Waals surface area contributed by atoms with Gasteiger partial charge in [0, 0.05) is 17.9 Å². The minimum absolute atomic E-state index is 0.0279. The minimum atomic E-state index is -0.591. The van der Waals surface area contributed by atoms with Crippen LogP contribution in [0.5, 0.6) is 0 Å². The first kappa shape index (κ1) is 17.7. The fraction of sp³-hybridized carbons (Fsp3) is 0.211. The molecule has 1 amide bonds. The Labute approximate surface area is 158 Å². The molecule has 1 saturated carbocycles. The highest BCUT2D eigenvalue weighted by Gasteiger charge is 2.27. The molecule has 0 unspecified atom stereocenters. The number of pyridine rings is 1. The third-order valence-corrected chi connectivity index (χ3v) is 4.49. The molecule has 0 aliphatic heterocycles. The summed E-state index contributed by atoms with van der Waals surface area (Å²) in [6.07, 6.45) is 3.02. The third-order valence-electron chi connectivity index (χ3n) is 4.49. The molecule has 9 heteroatoms. The number of carbonyl (C=O) groups excluding carboxylic acids is 2. The van der Waals surface area contributed by atoms with Crippen LogP contribution in [0.15, 0.2) is 46.1 Å². The zero-order valence-electron chi connectivity index (χ0n) is 14.9. The molecule has 1 aromatic carbocycles. The first-order valence-corrected chi connectivity index (χ1v) is 8.62. The molecule has 2 aromatic heterocycles. The van der Waals surface area contributed by atoms with Crippen molar-refractivity contribution in [1.29, 1.82) is 0 Å². The summed E-state index contributed by atoms with van der Waals surface area (Å²) in [5.74, 6) is -1.02. The molecule has 1 fully saturated rings. The van der Waals surface area contributed by atoms with Gasteiger partial charge in [0.2, 0.25) is 0 Å². The average molecular weight is 380 g/mol. The van der Waals surface area contributed by atoms with Crippen molar-refractivity contribution in [3.63, 3.8) is 0 Å². The van der Waals surface area contributed by atoms with Crippen molar-refractivity contribution in [2.24, 2.45) is 0 Å². The predicted molar refractivity (Wildman–Crippen MR) is 101 cm³/mol. The van der Waals surface area contributed by atoms with Gasteiger partial charge in [-0.2, -0.15) is 0 Å². The van der Waals surface area contributed by atoms with Gasteiger partial charge in [-0.3, -0.25) is 19.1 Å². The lowest BCUT2D eigenvalue weighted by molar-refractivity contribution is 0.0600. The van der Waals surface area contributed by atoms with Crippen molar-refractivity contribution in [3.8, 4) is 0 Å². The monoisotopic (exact) mass is 380 g/mol. The van der Waals surface area contributed by atoms with Gasteiger partial charge in [-0.15, -0.1) is 0 Å². The number of amides is 1. The van der Waals surface area contributed by atoms with E-state index in [0.717, 1.165) is 12.8 Å². The Morgan fingerprint density at radius 3 is 2.71 bits per heavy atom. The number of carbonyl (C=O) groups is 2. The standard InChI is InChI=1S/C19H16N4O5/c1-28-18(26)10-3-2-4-12(7-10)21-16(24)11-8-14-15(20-9-11)23(13-5-6-13)19(27)22-17(14)25/h2-4,7-9,13H,5-6H2,1H3,(H,21,24)(H,22,25,27). The lowest BCUT2D eigenvalue weighted by Crippen LogP contribution is -2.30. The van der Waals surface area contributed by atoms with Crippen LogP contribution in [0.2, 0.25) is 0 Å². The number of benzene rings is 1. The van der Waals surface area contributed by atoms with E-state index < -0.39 is 23.1 Å². The average Bonchev–Trinajstić information content (AvgIpc) is 3.52. The lowest BCUT2D eigenvalue weighted by Gasteiger charge is -2.09. The Morgan fingerprint density at radius 1 is 1.21 bits per heavy atom. The van der Waals surface area contributed by atoms with E-state index in [1.165, 1.54) is 30.0 Å². The van der Waals surface area contributed by atoms with Crippen LogP contribution in [-0.4, -0.2) is 33.5 Å². The zero-order valence-corrected chi connectivity index (χ0v) is 14.9. The first-order chi connectivity index (χ1) is 13.5. The van der Waals surface area contributed by atoms with Gasteiger partial charge < -0.3 is 10.1 Å². The Kier molecular flexibility index (Phi) is 4.26. The molecule has 0 atom stereocenters. The number of hydrogen-bond donors (Lipinski definition) is 2. The smallest absolute Gasteiger partial charge is 0.337 e. The number of H-pyrrole nitrogens is 1. The van der Waals surface area contributed by atoms with E-state index >= 15 is 0 Å². The second-order valence-electron chi connectivity index (χ2n) is 6.48. The van der Waals surface area contributed by atoms with Gasteiger partial charge in [-0.1, -0.05) is 6.07 Å². The highest BCUT2D eigenvalue weighted by atomic mass is 16.5. The molecule has 0 bridgehead atoms. The Morgan fingerprint density at radius 2 is 2.00 bits per heavy atom. The van der Waals surface area contributed by atoms with Crippen LogP contribution in [0.4, 0.5) is 5.69 Å². The van der Waals surface area contributed by atoms with Gasteiger partial charge in [0.1, 0.15) is 5.65 Å². The minimum Gasteiger partial charge on any atom is -0.465 e. The maximum Gasteiger partial charge on any atom is 0.337 e. The highest BCUT2D eigenvalue weighted by molar-refractivity contribution is 6.06. The van der Waals surface area contributed by atoms with Crippen molar-refractivity contribution in [3.05, 3.63) is 68.5 Å². The van der Waals surface area contributed by atoms with Gasteiger partial charge in [0.25, 0.3) is 11.5 Å². The number of aromatic amines is 1. The normalized spacial score (nSPS) is 13.3. The summed E-state index contributed by atoms with van der Waals surface area (Å²) in [4.78, 5) is 54.9. The molecule has 2 heterocycles. The Bertz CT molecular complexity index is 1220. The highest BCUT2D eigenvalue weighted by Crippen LogP contribution is 2.34. The van der Waals surface area contributed by atoms with Gasteiger partial charge in [-0.25, -0.2) is 14.6 Å². The second kappa shape index (κ2) is 6.76. The summed E-state index contributed by atoms with van der Waals surface area (Å²) in [7, 11) is 1.27. The summed E-state index contributed by atoms with van der Waals surface area (Å²) >= 11 is 0. The summed E-state index contributed by atoms with van der Waals surface area (Å²) in [5.41, 5.74) is 0.0192. The fourth-order valence-electron chi connectivity index (χ4n) is 2.98. The summed E-state index contributed by atoms with van der Waals surface area (Å²) in [6.45, 7) is 0. The molecule has 0 saturated heterocycles. The van der Waals surface area contributed by atoms with Gasteiger partial charge in [-0.05, 0) is 37.1 Å². The number of hydrogen-bond acceptors (Lipinski definition) is 6. The predicted octanol–water partition coefficient (Wildman–Crippen LogP) is 1.46. The van der Waals surface area contributed by atoms with Crippen LogP contribution in [0.3, 0.4) is 0 Å². The number of nitrogens with zero attached hydrogens (tertiary/aromatic N) is 2. The quantitative estimate of drug-likeness (QED) is 0.661. The zero-order chi connectivity index (χ0) is 19.8. The van der Waals surface area contributed by atoms with Crippen molar-refractivity contribution >= 4 is 28.6 Å². The van der Waals surface area contributed by atoms with Crippen LogP contribution in [0, 0.1) is 0 Å². The molecule has 28 heavy (non-hydrogen) atoms. The van der Waals surface area contributed by atoms with E-state index in [0.29, 0.717) is 11.3 Å². The summed E-state index contributed by atoms with van der Waals surface area (Å²) < 4.78 is 6.12. The lowest BCUT2D eigenvalue weighted by atomic mass is 10.2. The fourth-order valence-corrected chi connectivity index (χ4v) is 2.98. The number of ether oxygens (including phenoxy) is 1. The van der Waals surface area contributed by atoms with Gasteiger partial charge in [0.15, 0.2) is 0 Å². The summed E-state index contributed by atoms with van der Waals surface area (Å²) in [6, 6.07) is 7.71. The van der Waals surface area contributed by atoms with Crippen molar-refractivity contribution in [2.75, 3.05) is 12.4 Å². The molecular weight excluding hydrogens is 364 g/mol. The van der Waals surface area contributed by atoms with E-state index in [-0.39, 0.29) is 22.6 Å². The van der Waals surface area contributed by atoms with Crippen LogP contribution in [0.1, 0.15) is 39.6 Å². The molecule has 0 radical (unpaired) electrons. The van der Waals surface area contributed by atoms with Crippen molar-refractivity contribution in [2.45, 2.75) is 18.9 Å². The van der Waals surface area contributed by atoms with Gasteiger partial charge in [0.05, 0.1) is 23.6 Å². The molecule has 2 N–H and O–H groups in total. The maximum absolute atomic E-state index is 12.6. The van der Waals surface area contributed by atoms with E-state index in [9.17, 15) is 19.2 Å². The number of rotatable bonds is 4. The summed E-state index contributed by atoms with van der Waals surface area (Å²) in [5, 5.41) is 2.82. The molecule has 142 valence electrons. The Hall–Kier alpha value is -3.75. The number of methoxy groups -OCH3 is 1. The van der Waals surface area contributed by atoms with Crippen LogP contribution >= 0.6 is 0 Å². The van der Waals surface area contributed by atoms with Crippen molar-refractivity contribution < 1.29 is 14.3 Å². The molecule has 0 spiro atoms. The number of anilines is 1. The van der Waals surface area contributed by atoms with Crippen LogP contribution < -0.4 is 16.6 Å². The molecule has 3 aromatic rings. The second-order valence-corrected chi connectivity index (χ2v) is 6.48. The number of nitrogens with one attached hydrogen (secondary N) is 2. The molecule has 9 nitrogen and oxygen atoms in total. The maximum atomic E-state index is 12.6. The van der Waals surface area contributed by atoms with E-state index in [1.807, 2.05) is 0 Å². The topological polar surface area (TPSA) is 123 Å². The van der Waals surface area contributed by atoms with Gasteiger partial charge >= 0.3 is 11.7 Å². The first-order valence-electron chi connectivity index (χ1n) is 8.62. The molecular formula is C19H16N4O5. The Balaban J connectivity index is 1.68. The van der Waals surface area contributed by atoms with E-state index in [1.54, 1.807) is 18.2 Å². The number of esters is 1. The molecule has 1 aliphatic rings. The number of fused-ring (bicyclic) bond motifs is 1. The van der Waals surface area contributed by atoms with Crippen molar-refractivity contribution in [1.82, 2.24) is 14.5 Å². The van der Waals surface area contributed by atoms with Crippen LogP contribution in [-0.2, 0) is 4.74 Å². The SMILES string of the molecule is COC(=O)c1cccc(NC(=O)c2cnc3c(c2)c(=O)[nH]c(=O)n3C2CC2)c1. The molecule has 4 rings (SSSR count). The van der Waals surface area contributed by atoms with Crippen LogP contribution in [0.25, 0.3) is 11.0 Å². The largest absolute Gasteiger partial charge is 0.465 e. The molecule has 1 aliphatic carbocycles. The third kappa shape index (κ3) is 3.18. The van der Waals surface area contributed by atoms with E-state index in [4.69, 9.17) is 0 Å². The number of aromatic nitrogens is 3.